The number of aromatic nitrogens is 2. The number of halogens is 1. The van der Waals surface area contributed by atoms with Crippen LogP contribution in [0.3, 0.4) is 0 Å². The van der Waals surface area contributed by atoms with Crippen molar-refractivity contribution in [2.24, 2.45) is 0 Å². The molecule has 1 atom stereocenters. The summed E-state index contributed by atoms with van der Waals surface area (Å²) in [5.74, 6) is -0.229. The van der Waals surface area contributed by atoms with Crippen LogP contribution in [0.25, 0.3) is 11.3 Å². The summed E-state index contributed by atoms with van der Waals surface area (Å²) >= 11 is 6.31. The zero-order chi connectivity index (χ0) is 22.3. The summed E-state index contributed by atoms with van der Waals surface area (Å²) in [4.78, 5) is 21.1. The second-order valence-electron chi connectivity index (χ2n) is 7.10. The van der Waals surface area contributed by atoms with Crippen molar-refractivity contribution in [1.82, 2.24) is 15.3 Å². The summed E-state index contributed by atoms with van der Waals surface area (Å²) in [7, 11) is 0. The lowest BCUT2D eigenvalue weighted by Crippen LogP contribution is -2.21. The lowest BCUT2D eigenvalue weighted by atomic mass is 10.1. The van der Waals surface area contributed by atoms with Gasteiger partial charge in [0, 0.05) is 35.8 Å². The SMILES string of the molecule is O=C(Nc1ccc(Cl)c(-c2ccccn2)c1)c1ccc(CNC(O)c2ccccn2)cc1. The monoisotopic (exact) mass is 444 g/mol. The molecule has 2 heterocycles. The van der Waals surface area contributed by atoms with Gasteiger partial charge in [-0.2, -0.15) is 0 Å². The van der Waals surface area contributed by atoms with E-state index in [0.29, 0.717) is 28.5 Å². The quantitative estimate of drug-likeness (QED) is 0.355. The van der Waals surface area contributed by atoms with Crippen LogP contribution in [0.15, 0.2) is 91.3 Å². The highest BCUT2D eigenvalue weighted by Crippen LogP contribution is 2.29. The summed E-state index contributed by atoms with van der Waals surface area (Å²) in [5, 5.41) is 16.6. The number of hydrogen-bond acceptors (Lipinski definition) is 5. The Morgan fingerprint density at radius 2 is 1.69 bits per heavy atom. The molecule has 2 aromatic heterocycles. The van der Waals surface area contributed by atoms with Crippen LogP contribution >= 0.6 is 11.6 Å². The van der Waals surface area contributed by atoms with Gasteiger partial charge < -0.3 is 10.4 Å². The number of nitrogens with one attached hydrogen (secondary N) is 2. The number of amides is 1. The highest BCUT2D eigenvalue weighted by atomic mass is 35.5. The van der Waals surface area contributed by atoms with Gasteiger partial charge in [-0.3, -0.25) is 20.1 Å². The van der Waals surface area contributed by atoms with Gasteiger partial charge in [0.15, 0.2) is 0 Å². The van der Waals surface area contributed by atoms with Crippen molar-refractivity contribution in [1.29, 1.82) is 0 Å². The molecule has 0 saturated carbocycles. The molecule has 32 heavy (non-hydrogen) atoms. The smallest absolute Gasteiger partial charge is 0.255 e. The normalized spacial score (nSPS) is 11.7. The Bertz CT molecular complexity index is 1190. The Morgan fingerprint density at radius 3 is 2.38 bits per heavy atom. The van der Waals surface area contributed by atoms with Crippen LogP contribution in [0.5, 0.6) is 0 Å². The Labute approximate surface area is 190 Å². The number of aliphatic hydroxyl groups excluding tert-OH is 1. The Morgan fingerprint density at radius 1 is 0.938 bits per heavy atom. The van der Waals surface area contributed by atoms with Crippen LogP contribution in [0.4, 0.5) is 5.69 Å². The zero-order valence-corrected chi connectivity index (χ0v) is 17.8. The third-order valence-electron chi connectivity index (χ3n) is 4.85. The topological polar surface area (TPSA) is 87.1 Å². The molecule has 3 N–H and O–H groups in total. The first-order valence-corrected chi connectivity index (χ1v) is 10.4. The molecule has 0 aliphatic heterocycles. The van der Waals surface area contributed by atoms with Crippen LogP contribution in [-0.4, -0.2) is 21.0 Å². The first-order valence-electron chi connectivity index (χ1n) is 10.0. The molecule has 0 radical (unpaired) electrons. The van der Waals surface area contributed by atoms with Gasteiger partial charge in [-0.1, -0.05) is 35.9 Å². The number of pyridine rings is 2. The van der Waals surface area contributed by atoms with E-state index in [1.807, 2.05) is 36.4 Å². The van der Waals surface area contributed by atoms with Gasteiger partial charge in [-0.05, 0) is 60.2 Å². The van der Waals surface area contributed by atoms with Crippen molar-refractivity contribution in [2.45, 2.75) is 12.8 Å². The molecule has 4 aromatic rings. The van der Waals surface area contributed by atoms with Crippen LogP contribution in [0.2, 0.25) is 5.02 Å². The second-order valence-corrected chi connectivity index (χ2v) is 7.51. The molecule has 2 aromatic carbocycles. The highest BCUT2D eigenvalue weighted by molar-refractivity contribution is 6.33. The molecule has 160 valence electrons. The zero-order valence-electron chi connectivity index (χ0n) is 17.1. The second kappa shape index (κ2) is 10.2. The summed E-state index contributed by atoms with van der Waals surface area (Å²) in [5.41, 5.74) is 4.12. The highest BCUT2D eigenvalue weighted by Gasteiger charge is 2.11. The van der Waals surface area contributed by atoms with Gasteiger partial charge in [0.2, 0.25) is 0 Å². The predicted octanol–water partition coefficient (Wildman–Crippen LogP) is 4.83. The average Bonchev–Trinajstić information content (AvgIpc) is 2.85. The number of rotatable bonds is 7. The Balaban J connectivity index is 1.39. The van der Waals surface area contributed by atoms with E-state index in [9.17, 15) is 9.90 Å². The van der Waals surface area contributed by atoms with Gasteiger partial charge >= 0.3 is 0 Å². The number of nitrogens with zero attached hydrogens (tertiary/aromatic N) is 2. The van der Waals surface area contributed by atoms with Gasteiger partial charge in [0.1, 0.15) is 6.23 Å². The fourth-order valence-corrected chi connectivity index (χ4v) is 3.37. The van der Waals surface area contributed by atoms with Crippen molar-refractivity contribution in [2.75, 3.05) is 5.32 Å². The average molecular weight is 445 g/mol. The van der Waals surface area contributed by atoms with E-state index < -0.39 is 6.23 Å². The number of anilines is 1. The summed E-state index contributed by atoms with van der Waals surface area (Å²) in [6, 6.07) is 23.4. The van der Waals surface area contributed by atoms with E-state index in [1.54, 1.807) is 54.9 Å². The fraction of sp³-hybridized carbons (Fsp3) is 0.0800. The molecule has 0 saturated heterocycles. The van der Waals surface area contributed by atoms with Gasteiger partial charge in [-0.15, -0.1) is 0 Å². The van der Waals surface area contributed by atoms with E-state index in [-0.39, 0.29) is 5.91 Å². The van der Waals surface area contributed by atoms with E-state index in [2.05, 4.69) is 20.6 Å². The number of hydrogen-bond donors (Lipinski definition) is 3. The first-order chi connectivity index (χ1) is 15.6. The molecule has 4 rings (SSSR count). The van der Waals surface area contributed by atoms with Gasteiger partial charge in [0.25, 0.3) is 5.91 Å². The summed E-state index contributed by atoms with van der Waals surface area (Å²) < 4.78 is 0. The third kappa shape index (κ3) is 5.36. The lowest BCUT2D eigenvalue weighted by Gasteiger charge is -2.12. The van der Waals surface area contributed by atoms with Crippen molar-refractivity contribution in [3.63, 3.8) is 0 Å². The van der Waals surface area contributed by atoms with Crippen LogP contribution in [-0.2, 0) is 6.54 Å². The third-order valence-corrected chi connectivity index (χ3v) is 5.18. The van der Waals surface area contributed by atoms with Crippen molar-refractivity contribution < 1.29 is 9.90 Å². The van der Waals surface area contributed by atoms with Crippen LogP contribution < -0.4 is 10.6 Å². The molecule has 0 fully saturated rings. The molecular weight excluding hydrogens is 424 g/mol. The molecule has 0 aliphatic carbocycles. The minimum atomic E-state index is -0.864. The van der Waals surface area contributed by atoms with Gasteiger partial charge in [0.05, 0.1) is 16.4 Å². The Hall–Kier alpha value is -3.58. The number of carbonyl (C=O) groups excluding carboxylic acids is 1. The molecule has 1 amide bonds. The van der Waals surface area contributed by atoms with E-state index in [0.717, 1.165) is 16.8 Å². The standard InChI is InChI=1S/C25H21ClN4O2/c26-21-12-11-19(15-20(21)22-5-1-3-13-27-22)30-24(31)18-9-7-17(8-10-18)16-29-25(32)23-6-2-4-14-28-23/h1-15,25,29,32H,16H2,(H,30,31). The molecule has 7 heteroatoms. The fourth-order valence-electron chi connectivity index (χ4n) is 3.16. The molecule has 0 spiro atoms. The lowest BCUT2D eigenvalue weighted by molar-refractivity contribution is 0.102. The summed E-state index contributed by atoms with van der Waals surface area (Å²) in [6.07, 6.45) is 2.47. The maximum absolute atomic E-state index is 12.7. The largest absolute Gasteiger partial charge is 0.373 e. The molecule has 6 nitrogen and oxygen atoms in total. The number of carbonyl (C=O) groups is 1. The van der Waals surface area contributed by atoms with Crippen molar-refractivity contribution >= 4 is 23.2 Å². The number of aliphatic hydroxyl groups is 1. The Kier molecular flexibility index (Phi) is 6.87. The number of benzene rings is 2. The van der Waals surface area contributed by atoms with Crippen molar-refractivity contribution in [3.05, 3.63) is 113 Å². The van der Waals surface area contributed by atoms with Crippen molar-refractivity contribution in [3.8, 4) is 11.3 Å². The van der Waals surface area contributed by atoms with E-state index in [1.165, 1.54) is 0 Å². The summed E-state index contributed by atoms with van der Waals surface area (Å²) in [6.45, 7) is 0.435. The van der Waals surface area contributed by atoms with Crippen LogP contribution in [0, 0.1) is 0 Å². The van der Waals surface area contributed by atoms with Crippen LogP contribution in [0.1, 0.15) is 27.8 Å². The van der Waals surface area contributed by atoms with E-state index in [4.69, 9.17) is 11.6 Å². The minimum absolute atomic E-state index is 0.229. The predicted molar refractivity (Wildman–Crippen MR) is 125 cm³/mol. The minimum Gasteiger partial charge on any atom is -0.373 e. The molecule has 1 unspecified atom stereocenters. The maximum Gasteiger partial charge on any atom is 0.255 e. The molecular formula is C25H21ClN4O2. The molecule has 0 aliphatic rings. The van der Waals surface area contributed by atoms with Gasteiger partial charge in [-0.25, -0.2) is 0 Å². The first kappa shape index (κ1) is 21.6. The molecule has 0 bridgehead atoms. The maximum atomic E-state index is 12.7. The van der Waals surface area contributed by atoms with E-state index >= 15 is 0 Å².